The van der Waals surface area contributed by atoms with Gasteiger partial charge in [-0.3, -0.25) is 4.79 Å². The van der Waals surface area contributed by atoms with E-state index in [1.807, 2.05) is 29.6 Å². The Morgan fingerprint density at radius 1 is 1.29 bits per heavy atom. The van der Waals surface area contributed by atoms with Gasteiger partial charge in [0.2, 0.25) is 5.16 Å². The molecule has 7 nitrogen and oxygen atoms in total. The molecule has 0 saturated heterocycles. The van der Waals surface area contributed by atoms with E-state index in [0.717, 1.165) is 17.7 Å². The Labute approximate surface area is 174 Å². The molecule has 0 unspecified atom stereocenters. The molecule has 0 saturated carbocycles. The number of nitrogens with zero attached hydrogens (tertiary/aromatic N) is 5. The molecular formula is C18H17ClN6OS2. The first kappa shape index (κ1) is 19.1. The average Bonchev–Trinajstić information content (AvgIpc) is 3.27. The van der Waals surface area contributed by atoms with Crippen LogP contribution in [0.3, 0.4) is 0 Å². The lowest BCUT2D eigenvalue weighted by Gasteiger charge is -2.06. The fraction of sp³-hybridized carbons (Fsp3) is 0.278. The zero-order valence-electron chi connectivity index (χ0n) is 15.2. The largest absolute Gasteiger partial charge is 0.309 e. The molecule has 1 N–H and O–H groups in total. The van der Waals surface area contributed by atoms with Gasteiger partial charge >= 0.3 is 0 Å². The molecule has 0 spiro atoms. The number of rotatable bonds is 6. The van der Waals surface area contributed by atoms with Crippen LogP contribution in [0.25, 0.3) is 21.3 Å². The molecule has 144 valence electrons. The van der Waals surface area contributed by atoms with E-state index >= 15 is 0 Å². The molecule has 4 rings (SSSR count). The zero-order valence-corrected chi connectivity index (χ0v) is 17.6. The van der Waals surface area contributed by atoms with Crippen molar-refractivity contribution in [2.45, 2.75) is 31.3 Å². The molecule has 0 fully saturated rings. The third-order valence-corrected chi connectivity index (χ3v) is 6.20. The van der Waals surface area contributed by atoms with Crippen LogP contribution in [0.4, 0.5) is 0 Å². The minimum atomic E-state index is -0.168. The summed E-state index contributed by atoms with van der Waals surface area (Å²) in [6, 6.07) is 7.49. The summed E-state index contributed by atoms with van der Waals surface area (Å²) in [5, 5.41) is 15.6. The monoisotopic (exact) mass is 432 g/mol. The smallest absolute Gasteiger partial charge is 0.260 e. The zero-order chi connectivity index (χ0) is 19.7. The van der Waals surface area contributed by atoms with E-state index in [9.17, 15) is 4.79 Å². The van der Waals surface area contributed by atoms with Gasteiger partial charge in [-0.15, -0.1) is 16.4 Å². The van der Waals surface area contributed by atoms with Crippen molar-refractivity contribution in [3.05, 3.63) is 50.8 Å². The SMILES string of the molecule is CC(C)Cn1nnnc1SCc1nc2scc(-c3ccccc3Cl)c2c(=O)[nH]1. The summed E-state index contributed by atoms with van der Waals surface area (Å²) in [6.45, 7) is 4.96. The number of benzene rings is 1. The fourth-order valence-electron chi connectivity index (χ4n) is 2.83. The number of hydrogen-bond donors (Lipinski definition) is 1. The molecular weight excluding hydrogens is 416 g/mol. The summed E-state index contributed by atoms with van der Waals surface area (Å²) in [6.07, 6.45) is 0. The Kier molecular flexibility index (Phi) is 5.47. The predicted octanol–water partition coefficient (Wildman–Crippen LogP) is 4.24. The first-order chi connectivity index (χ1) is 13.5. The molecule has 4 aromatic rings. The third kappa shape index (κ3) is 3.82. The van der Waals surface area contributed by atoms with E-state index in [4.69, 9.17) is 11.6 Å². The van der Waals surface area contributed by atoms with Gasteiger partial charge in [-0.05, 0) is 22.4 Å². The van der Waals surface area contributed by atoms with Gasteiger partial charge in [-0.1, -0.05) is 55.4 Å². The summed E-state index contributed by atoms with van der Waals surface area (Å²) < 4.78 is 1.77. The molecule has 0 aliphatic carbocycles. The van der Waals surface area contributed by atoms with Gasteiger partial charge in [-0.25, -0.2) is 9.67 Å². The standard InChI is InChI=1S/C18H17ClN6OS2/c1-10(2)7-25-18(22-23-24-25)28-9-14-20-16(26)15-12(8-27-17(15)21-14)11-5-3-4-6-13(11)19/h3-6,8,10H,7,9H2,1-2H3,(H,20,21,26). The van der Waals surface area contributed by atoms with Crippen molar-refractivity contribution >= 4 is 44.9 Å². The number of thiophene rings is 1. The maximum atomic E-state index is 12.8. The highest BCUT2D eigenvalue weighted by atomic mass is 35.5. The number of aromatic nitrogens is 6. The second-order valence-electron chi connectivity index (χ2n) is 6.65. The molecule has 1 aromatic carbocycles. The van der Waals surface area contributed by atoms with Crippen molar-refractivity contribution < 1.29 is 0 Å². The van der Waals surface area contributed by atoms with Gasteiger partial charge in [0, 0.05) is 28.1 Å². The predicted molar refractivity (Wildman–Crippen MR) is 113 cm³/mol. The maximum Gasteiger partial charge on any atom is 0.260 e. The summed E-state index contributed by atoms with van der Waals surface area (Å²) in [7, 11) is 0. The van der Waals surface area contributed by atoms with Crippen LogP contribution in [0.1, 0.15) is 19.7 Å². The number of hydrogen-bond acceptors (Lipinski definition) is 7. The van der Waals surface area contributed by atoms with Gasteiger partial charge in [0.25, 0.3) is 5.56 Å². The topological polar surface area (TPSA) is 89.3 Å². The molecule has 0 radical (unpaired) electrons. The molecule has 0 amide bonds. The molecule has 0 atom stereocenters. The van der Waals surface area contributed by atoms with Crippen LogP contribution in [0, 0.1) is 5.92 Å². The summed E-state index contributed by atoms with van der Waals surface area (Å²) in [5.74, 6) is 1.50. The molecule has 0 aliphatic rings. The lowest BCUT2D eigenvalue weighted by molar-refractivity contribution is 0.445. The Balaban J connectivity index is 1.62. The Morgan fingerprint density at radius 2 is 2.11 bits per heavy atom. The van der Waals surface area contributed by atoms with Crippen LogP contribution in [0.15, 0.2) is 39.6 Å². The Hall–Kier alpha value is -2.23. The van der Waals surface area contributed by atoms with E-state index in [0.29, 0.717) is 37.9 Å². The van der Waals surface area contributed by atoms with E-state index in [1.165, 1.54) is 23.1 Å². The van der Waals surface area contributed by atoms with Gasteiger partial charge in [-0.2, -0.15) is 0 Å². The van der Waals surface area contributed by atoms with Crippen LogP contribution in [-0.2, 0) is 12.3 Å². The van der Waals surface area contributed by atoms with Crippen molar-refractivity contribution in [3.63, 3.8) is 0 Å². The normalized spacial score (nSPS) is 11.6. The number of halogens is 1. The fourth-order valence-corrected chi connectivity index (χ4v) is 4.78. The number of thioether (sulfide) groups is 1. The lowest BCUT2D eigenvalue weighted by Crippen LogP contribution is -2.11. The highest BCUT2D eigenvalue weighted by molar-refractivity contribution is 7.98. The first-order valence-electron chi connectivity index (χ1n) is 8.67. The maximum absolute atomic E-state index is 12.8. The van der Waals surface area contributed by atoms with Crippen LogP contribution in [0.2, 0.25) is 5.02 Å². The number of aromatic amines is 1. The third-order valence-electron chi connectivity index (χ3n) is 4.03. The number of fused-ring (bicyclic) bond motifs is 1. The summed E-state index contributed by atoms with van der Waals surface area (Å²) in [5.41, 5.74) is 1.47. The molecule has 0 bridgehead atoms. The lowest BCUT2D eigenvalue weighted by atomic mass is 10.1. The number of tetrazole rings is 1. The number of nitrogens with one attached hydrogen (secondary N) is 1. The first-order valence-corrected chi connectivity index (χ1v) is 10.9. The number of H-pyrrole nitrogens is 1. The molecule has 3 aromatic heterocycles. The van der Waals surface area contributed by atoms with Gasteiger partial charge in [0.1, 0.15) is 10.7 Å². The summed E-state index contributed by atoms with van der Waals surface area (Å²) >= 11 is 9.19. The van der Waals surface area contributed by atoms with Crippen LogP contribution < -0.4 is 5.56 Å². The van der Waals surface area contributed by atoms with Gasteiger partial charge in [0.15, 0.2) is 0 Å². The minimum absolute atomic E-state index is 0.168. The van der Waals surface area contributed by atoms with E-state index in [1.54, 1.807) is 4.68 Å². The van der Waals surface area contributed by atoms with E-state index < -0.39 is 0 Å². The second-order valence-corrected chi connectivity index (χ2v) is 8.86. The quantitative estimate of drug-likeness (QED) is 0.458. The van der Waals surface area contributed by atoms with Crippen LogP contribution in [0.5, 0.6) is 0 Å². The van der Waals surface area contributed by atoms with Crippen molar-refractivity contribution in [2.24, 2.45) is 5.92 Å². The molecule has 10 heteroatoms. The average molecular weight is 433 g/mol. The highest BCUT2D eigenvalue weighted by Crippen LogP contribution is 2.35. The Bertz CT molecular complexity index is 1180. The van der Waals surface area contributed by atoms with Crippen molar-refractivity contribution in [2.75, 3.05) is 0 Å². The highest BCUT2D eigenvalue weighted by Gasteiger charge is 2.16. The second kappa shape index (κ2) is 8.02. The van der Waals surface area contributed by atoms with E-state index in [2.05, 4.69) is 39.3 Å². The van der Waals surface area contributed by atoms with Crippen molar-refractivity contribution in [3.8, 4) is 11.1 Å². The summed E-state index contributed by atoms with van der Waals surface area (Å²) in [4.78, 5) is 21.0. The van der Waals surface area contributed by atoms with Crippen molar-refractivity contribution in [1.82, 2.24) is 30.2 Å². The molecule has 0 aliphatic heterocycles. The van der Waals surface area contributed by atoms with Crippen molar-refractivity contribution in [1.29, 1.82) is 0 Å². The molecule has 3 heterocycles. The van der Waals surface area contributed by atoms with E-state index in [-0.39, 0.29) is 5.56 Å². The van der Waals surface area contributed by atoms with Gasteiger partial charge in [0.05, 0.1) is 11.1 Å². The van der Waals surface area contributed by atoms with Gasteiger partial charge < -0.3 is 4.98 Å². The minimum Gasteiger partial charge on any atom is -0.309 e. The molecule has 28 heavy (non-hydrogen) atoms. The Morgan fingerprint density at radius 3 is 2.89 bits per heavy atom. The van der Waals surface area contributed by atoms with Crippen LogP contribution >= 0.6 is 34.7 Å². The van der Waals surface area contributed by atoms with Crippen LogP contribution in [-0.4, -0.2) is 30.2 Å².